The standard InChI is InChI=1S/C51H39N3/c1-2-9-33(10-3-1)34-17-19-37(20-18-34)48-52-49(54-50(53-48)43-16-8-13-35-11-4-6-14-41(35)43)38-22-23-45-44(30-38)47-42-15-7-5-12-36(42)21-24-46(47)51(45)39-26-31-25-32(28-39)29-40(51)27-31/h1-24,30-32,39-40H,25-29H2. The van der Waals surface area contributed by atoms with E-state index in [-0.39, 0.29) is 5.41 Å². The third-order valence-corrected chi connectivity index (χ3v) is 13.7. The highest BCUT2D eigenvalue weighted by Crippen LogP contribution is 2.70. The second-order valence-corrected chi connectivity index (χ2v) is 16.4. The second-order valence-electron chi connectivity index (χ2n) is 16.4. The molecule has 13 rings (SSSR count). The van der Waals surface area contributed by atoms with Gasteiger partial charge in [-0.05, 0) is 117 Å². The van der Waals surface area contributed by atoms with Crippen molar-refractivity contribution in [1.82, 2.24) is 15.0 Å². The number of benzene rings is 7. The first-order valence-electron chi connectivity index (χ1n) is 19.8. The molecule has 0 aliphatic heterocycles. The minimum Gasteiger partial charge on any atom is -0.208 e. The second kappa shape index (κ2) is 11.5. The Labute approximate surface area is 315 Å². The summed E-state index contributed by atoms with van der Waals surface area (Å²) in [6.07, 6.45) is 6.93. The smallest absolute Gasteiger partial charge is 0.164 e. The lowest BCUT2D eigenvalue weighted by Crippen LogP contribution is -2.55. The quantitative estimate of drug-likeness (QED) is 0.184. The summed E-state index contributed by atoms with van der Waals surface area (Å²) >= 11 is 0. The average Bonchev–Trinajstić information content (AvgIpc) is 3.53. The predicted octanol–water partition coefficient (Wildman–Crippen LogP) is 12.6. The fourth-order valence-corrected chi connectivity index (χ4v) is 11.7. The van der Waals surface area contributed by atoms with E-state index in [4.69, 9.17) is 15.0 Å². The van der Waals surface area contributed by atoms with Crippen molar-refractivity contribution in [3.8, 4) is 56.4 Å². The molecule has 0 unspecified atom stereocenters. The molecule has 0 atom stereocenters. The molecule has 0 amide bonds. The molecule has 1 heterocycles. The Balaban J connectivity index is 1.07. The lowest BCUT2D eigenvalue weighted by molar-refractivity contribution is -0.0399. The summed E-state index contributed by atoms with van der Waals surface area (Å²) in [7, 11) is 0. The van der Waals surface area contributed by atoms with Gasteiger partial charge in [-0.15, -0.1) is 0 Å². The summed E-state index contributed by atoms with van der Waals surface area (Å²) < 4.78 is 0. The van der Waals surface area contributed by atoms with Crippen molar-refractivity contribution in [1.29, 1.82) is 0 Å². The van der Waals surface area contributed by atoms with Crippen molar-refractivity contribution >= 4 is 21.5 Å². The Hall–Kier alpha value is -5.93. The largest absolute Gasteiger partial charge is 0.208 e. The predicted molar refractivity (Wildman–Crippen MR) is 220 cm³/mol. The van der Waals surface area contributed by atoms with Crippen LogP contribution in [0.1, 0.15) is 43.2 Å². The van der Waals surface area contributed by atoms with Crippen LogP contribution in [0, 0.1) is 23.7 Å². The number of nitrogens with zero attached hydrogens (tertiary/aromatic N) is 3. The number of aromatic nitrogens is 3. The lowest BCUT2D eigenvalue weighted by Gasteiger charge is -2.61. The summed E-state index contributed by atoms with van der Waals surface area (Å²) in [5, 5.41) is 4.99. The van der Waals surface area contributed by atoms with Gasteiger partial charge in [-0.2, -0.15) is 0 Å². The molecule has 54 heavy (non-hydrogen) atoms. The van der Waals surface area contributed by atoms with Crippen molar-refractivity contribution in [2.24, 2.45) is 23.7 Å². The first-order chi connectivity index (χ1) is 26.7. The van der Waals surface area contributed by atoms with Crippen LogP contribution in [0.15, 0.2) is 152 Å². The molecule has 0 saturated heterocycles. The summed E-state index contributed by atoms with van der Waals surface area (Å²) in [5.41, 5.74) is 11.4. The maximum atomic E-state index is 5.31. The van der Waals surface area contributed by atoms with E-state index in [1.807, 2.05) is 0 Å². The summed E-state index contributed by atoms with van der Waals surface area (Å²) in [6.45, 7) is 0. The summed E-state index contributed by atoms with van der Waals surface area (Å²) in [6, 6.07) is 55.3. The molecule has 5 aliphatic rings. The molecule has 4 saturated carbocycles. The molecule has 3 nitrogen and oxygen atoms in total. The molecule has 1 spiro atoms. The van der Waals surface area contributed by atoms with E-state index in [0.29, 0.717) is 29.3 Å². The van der Waals surface area contributed by atoms with Gasteiger partial charge in [-0.3, -0.25) is 0 Å². The van der Waals surface area contributed by atoms with Crippen LogP contribution in [0.4, 0.5) is 0 Å². The zero-order valence-corrected chi connectivity index (χ0v) is 30.1. The van der Waals surface area contributed by atoms with Gasteiger partial charge in [0.2, 0.25) is 0 Å². The molecule has 4 bridgehead atoms. The van der Waals surface area contributed by atoms with Crippen LogP contribution in [0.3, 0.4) is 0 Å². The van der Waals surface area contributed by atoms with E-state index in [9.17, 15) is 0 Å². The maximum Gasteiger partial charge on any atom is 0.164 e. The van der Waals surface area contributed by atoms with E-state index in [2.05, 4.69) is 152 Å². The van der Waals surface area contributed by atoms with Crippen LogP contribution in [0.2, 0.25) is 0 Å². The Morgan fingerprint density at radius 3 is 1.70 bits per heavy atom. The maximum absolute atomic E-state index is 5.31. The number of fused-ring (bicyclic) bond motifs is 6. The topological polar surface area (TPSA) is 38.7 Å². The lowest BCUT2D eigenvalue weighted by atomic mass is 9.43. The highest BCUT2D eigenvalue weighted by molar-refractivity contribution is 6.03. The summed E-state index contributed by atoms with van der Waals surface area (Å²) in [5.74, 6) is 5.33. The van der Waals surface area contributed by atoms with Crippen LogP contribution in [0.25, 0.3) is 78.0 Å². The van der Waals surface area contributed by atoms with E-state index < -0.39 is 0 Å². The minimum absolute atomic E-state index is 0.0967. The number of rotatable bonds is 4. The van der Waals surface area contributed by atoms with Gasteiger partial charge in [-0.25, -0.2) is 15.0 Å². The fraction of sp³-hybridized carbons (Fsp3) is 0.196. The molecule has 0 N–H and O–H groups in total. The van der Waals surface area contributed by atoms with Crippen molar-refractivity contribution < 1.29 is 0 Å². The SMILES string of the molecule is c1ccc(-c2ccc(-c3nc(-c4ccc5c(c4)-c4c(ccc6ccccc46)C54C5CC6CC(C5)CC4C6)nc(-c4cccc5ccccc45)n3)cc2)cc1. The fourth-order valence-electron chi connectivity index (χ4n) is 11.7. The van der Waals surface area contributed by atoms with Gasteiger partial charge in [0.05, 0.1) is 0 Å². The zero-order chi connectivity index (χ0) is 35.4. The zero-order valence-electron chi connectivity index (χ0n) is 30.1. The molecule has 7 aromatic carbocycles. The van der Waals surface area contributed by atoms with E-state index in [0.717, 1.165) is 33.9 Å². The summed E-state index contributed by atoms with van der Waals surface area (Å²) in [4.78, 5) is 15.8. The van der Waals surface area contributed by atoms with Crippen LogP contribution >= 0.6 is 0 Å². The third-order valence-electron chi connectivity index (χ3n) is 13.7. The first kappa shape index (κ1) is 30.5. The normalized spacial score (nSPS) is 23.3. The van der Waals surface area contributed by atoms with E-state index in [1.54, 1.807) is 11.1 Å². The average molecular weight is 694 g/mol. The molecule has 3 heteroatoms. The molecular weight excluding hydrogens is 655 g/mol. The molecule has 0 radical (unpaired) electrons. The van der Waals surface area contributed by atoms with Crippen molar-refractivity contribution in [3.63, 3.8) is 0 Å². The van der Waals surface area contributed by atoms with Gasteiger partial charge in [0.25, 0.3) is 0 Å². The van der Waals surface area contributed by atoms with Crippen molar-refractivity contribution in [3.05, 3.63) is 163 Å². The third kappa shape index (κ3) is 4.39. The highest BCUT2D eigenvalue weighted by atomic mass is 15.0. The first-order valence-corrected chi connectivity index (χ1v) is 19.8. The van der Waals surface area contributed by atoms with Crippen LogP contribution in [0.5, 0.6) is 0 Å². The Morgan fingerprint density at radius 2 is 0.944 bits per heavy atom. The van der Waals surface area contributed by atoms with Gasteiger partial charge in [0.15, 0.2) is 17.5 Å². The number of hydrogen-bond acceptors (Lipinski definition) is 3. The van der Waals surface area contributed by atoms with Gasteiger partial charge in [0, 0.05) is 22.1 Å². The Kier molecular flexibility index (Phi) is 6.52. The van der Waals surface area contributed by atoms with E-state index in [1.165, 1.54) is 70.5 Å². The molecule has 1 aromatic heterocycles. The van der Waals surface area contributed by atoms with Gasteiger partial charge in [0.1, 0.15) is 0 Å². The van der Waals surface area contributed by atoms with Crippen LogP contribution in [-0.4, -0.2) is 15.0 Å². The molecule has 4 fully saturated rings. The van der Waals surface area contributed by atoms with Crippen molar-refractivity contribution in [2.75, 3.05) is 0 Å². The van der Waals surface area contributed by atoms with Gasteiger partial charge >= 0.3 is 0 Å². The Morgan fingerprint density at radius 1 is 0.389 bits per heavy atom. The number of hydrogen-bond donors (Lipinski definition) is 0. The van der Waals surface area contributed by atoms with Crippen LogP contribution < -0.4 is 0 Å². The molecule has 8 aromatic rings. The van der Waals surface area contributed by atoms with Crippen molar-refractivity contribution in [2.45, 2.75) is 37.5 Å². The van der Waals surface area contributed by atoms with Gasteiger partial charge in [-0.1, -0.05) is 146 Å². The van der Waals surface area contributed by atoms with Crippen LogP contribution in [-0.2, 0) is 5.41 Å². The van der Waals surface area contributed by atoms with E-state index >= 15 is 0 Å². The monoisotopic (exact) mass is 693 g/mol. The highest BCUT2D eigenvalue weighted by Gasteiger charge is 2.61. The molecular formula is C51H39N3. The minimum atomic E-state index is 0.0967. The molecule has 5 aliphatic carbocycles. The Bertz CT molecular complexity index is 2750. The molecule has 258 valence electrons. The van der Waals surface area contributed by atoms with Gasteiger partial charge < -0.3 is 0 Å².